The molecule has 4 N–H and O–H groups in total. The molecule has 2 aromatic heterocycles. The fourth-order valence-electron chi connectivity index (χ4n) is 5.74. The van der Waals surface area contributed by atoms with Crippen molar-refractivity contribution in [2.45, 2.75) is 36.0 Å². The van der Waals surface area contributed by atoms with Crippen LogP contribution in [0.4, 0.5) is 5.82 Å². The highest BCUT2D eigenvalue weighted by molar-refractivity contribution is 7.80. The molecule has 0 saturated heterocycles. The summed E-state index contributed by atoms with van der Waals surface area (Å²) in [5, 5.41) is 27.9. The molecule has 2 fully saturated rings. The normalized spacial score (nSPS) is 25.0. The first-order valence-electron chi connectivity index (χ1n) is 12.8. The molecule has 4 aromatic rings. The zero-order valence-electron chi connectivity index (χ0n) is 21.2. The molecule has 0 radical (unpaired) electrons. The number of aliphatic hydroxyl groups excluding tert-OH is 2. The molecular formula is C29H28N6O3S. The maximum absolute atomic E-state index is 12.6. The summed E-state index contributed by atoms with van der Waals surface area (Å²) in [5.41, 5.74) is 2.01. The molecule has 2 aliphatic rings. The minimum Gasteiger partial charge on any atom is -0.389 e. The smallest absolute Gasteiger partial charge is 0.229 e. The lowest BCUT2D eigenvalue weighted by atomic mass is 9.98. The van der Waals surface area contributed by atoms with E-state index in [1.807, 2.05) is 54.6 Å². The summed E-state index contributed by atoms with van der Waals surface area (Å²) in [6.07, 6.45) is 0.527. The lowest BCUT2D eigenvalue weighted by Crippen LogP contribution is -2.41. The van der Waals surface area contributed by atoms with Gasteiger partial charge >= 0.3 is 0 Å². The van der Waals surface area contributed by atoms with Crippen LogP contribution < -0.4 is 10.6 Å². The summed E-state index contributed by atoms with van der Waals surface area (Å²) in [4.78, 5) is 27.5. The monoisotopic (exact) mass is 540 g/mol. The summed E-state index contributed by atoms with van der Waals surface area (Å²) in [5.74, 6) is 6.49. The van der Waals surface area contributed by atoms with Gasteiger partial charge < -0.3 is 25.4 Å². The maximum atomic E-state index is 12.6. The topological polar surface area (TPSA) is 125 Å². The zero-order chi connectivity index (χ0) is 27.1. The summed E-state index contributed by atoms with van der Waals surface area (Å²) in [7, 11) is 1.54. The number of hydrogen-bond donors (Lipinski definition) is 5. The zero-order valence-corrected chi connectivity index (χ0v) is 22.1. The SMILES string of the molecule is CNC(=O)[C@@]12C[C@@H]1[C@@H](n1cnc3c(NCCc4ccc(S)cc4)nc(C#Cc4ccccc4)nc31)[C@H](O)[C@@H]2O. The number of fused-ring (bicyclic) bond motifs is 2. The second-order valence-corrected chi connectivity index (χ2v) is 10.6. The number of aromatic nitrogens is 4. The minimum atomic E-state index is -1.18. The van der Waals surface area contributed by atoms with Crippen molar-refractivity contribution in [2.24, 2.45) is 11.3 Å². The first kappa shape index (κ1) is 25.4. The highest BCUT2D eigenvalue weighted by atomic mass is 32.1. The third kappa shape index (κ3) is 4.42. The van der Waals surface area contributed by atoms with Crippen molar-refractivity contribution < 1.29 is 15.0 Å². The summed E-state index contributed by atoms with van der Waals surface area (Å²) < 4.78 is 1.76. The lowest BCUT2D eigenvalue weighted by molar-refractivity contribution is -0.132. The van der Waals surface area contributed by atoms with Crippen LogP contribution in [0.2, 0.25) is 0 Å². The third-order valence-electron chi connectivity index (χ3n) is 7.80. The quantitative estimate of drug-likeness (QED) is 0.188. The van der Waals surface area contributed by atoms with Crippen LogP contribution in [0.3, 0.4) is 0 Å². The molecule has 0 unspecified atom stereocenters. The van der Waals surface area contributed by atoms with Crippen LogP contribution in [0, 0.1) is 23.2 Å². The van der Waals surface area contributed by atoms with Crippen molar-refractivity contribution in [1.82, 2.24) is 24.8 Å². The van der Waals surface area contributed by atoms with Gasteiger partial charge in [0.05, 0.1) is 23.9 Å². The van der Waals surface area contributed by atoms with Gasteiger partial charge in [0.1, 0.15) is 6.10 Å². The van der Waals surface area contributed by atoms with Gasteiger partial charge in [-0.3, -0.25) is 4.79 Å². The number of benzene rings is 2. The van der Waals surface area contributed by atoms with Crippen molar-refractivity contribution >= 4 is 35.5 Å². The molecule has 0 bridgehead atoms. The Morgan fingerprint density at radius 2 is 1.90 bits per heavy atom. The Hall–Kier alpha value is -3.91. The molecule has 9 nitrogen and oxygen atoms in total. The Morgan fingerprint density at radius 3 is 2.64 bits per heavy atom. The molecule has 2 heterocycles. The fraction of sp³-hybridized carbons (Fsp3) is 0.310. The van der Waals surface area contributed by atoms with Gasteiger partial charge in [0, 0.05) is 30.0 Å². The van der Waals surface area contributed by atoms with Gasteiger partial charge in [0.25, 0.3) is 0 Å². The van der Waals surface area contributed by atoms with E-state index in [0.717, 1.165) is 22.4 Å². The van der Waals surface area contributed by atoms with Crippen molar-refractivity contribution in [1.29, 1.82) is 0 Å². The van der Waals surface area contributed by atoms with E-state index >= 15 is 0 Å². The molecule has 39 heavy (non-hydrogen) atoms. The molecule has 198 valence electrons. The largest absolute Gasteiger partial charge is 0.389 e. The second kappa shape index (κ2) is 10.0. The van der Waals surface area contributed by atoms with Crippen molar-refractivity contribution in [3.8, 4) is 11.8 Å². The second-order valence-electron chi connectivity index (χ2n) is 10.0. The van der Waals surface area contributed by atoms with Crippen LogP contribution in [0.5, 0.6) is 0 Å². The van der Waals surface area contributed by atoms with E-state index in [1.54, 1.807) is 17.9 Å². The average Bonchev–Trinajstić information content (AvgIpc) is 3.49. The molecule has 1 amide bonds. The summed E-state index contributed by atoms with van der Waals surface area (Å²) in [6.45, 7) is 0.601. The number of hydrogen-bond acceptors (Lipinski definition) is 8. The number of nitrogens with one attached hydrogen (secondary N) is 2. The number of aliphatic hydroxyl groups is 2. The van der Waals surface area contributed by atoms with E-state index in [0.29, 0.717) is 35.8 Å². The van der Waals surface area contributed by atoms with E-state index in [2.05, 4.69) is 45.1 Å². The third-order valence-corrected chi connectivity index (χ3v) is 8.10. The standard InChI is InChI=1S/C29H28N6O3S/c1-30-28(38)29-15-20(29)23(24(36)25(29)37)35-16-32-22-26(31-14-13-18-7-10-19(39)11-8-18)33-21(34-27(22)35)12-9-17-5-3-2-4-6-17/h2-8,10-11,16,20,23-25,36-37,39H,13-15H2,1H3,(H,30,38)(H,31,33,34)/t20-,23-,24+,25+,29+/m1/s1. The molecule has 5 atom stereocenters. The first-order chi connectivity index (χ1) is 18.9. The van der Waals surface area contributed by atoms with Crippen LogP contribution in [-0.4, -0.2) is 61.4 Å². The summed E-state index contributed by atoms with van der Waals surface area (Å²) in [6, 6.07) is 17.0. The van der Waals surface area contributed by atoms with Crippen molar-refractivity contribution in [3.63, 3.8) is 0 Å². The van der Waals surface area contributed by atoms with Crippen LogP contribution in [-0.2, 0) is 11.2 Å². The number of anilines is 1. The number of thiol groups is 1. The van der Waals surface area contributed by atoms with E-state index < -0.39 is 23.7 Å². The van der Waals surface area contributed by atoms with E-state index in [9.17, 15) is 15.0 Å². The predicted molar refractivity (Wildman–Crippen MR) is 149 cm³/mol. The number of rotatable bonds is 6. The maximum Gasteiger partial charge on any atom is 0.229 e. The first-order valence-corrected chi connectivity index (χ1v) is 13.3. The van der Waals surface area contributed by atoms with Gasteiger partial charge in [0.15, 0.2) is 17.0 Å². The van der Waals surface area contributed by atoms with Gasteiger partial charge in [-0.05, 0) is 48.6 Å². The van der Waals surface area contributed by atoms with Crippen molar-refractivity contribution in [2.75, 3.05) is 18.9 Å². The van der Waals surface area contributed by atoms with Gasteiger partial charge in [0.2, 0.25) is 11.7 Å². The molecule has 2 aliphatic carbocycles. The minimum absolute atomic E-state index is 0.236. The van der Waals surface area contributed by atoms with Crippen LogP contribution in [0.25, 0.3) is 11.2 Å². The van der Waals surface area contributed by atoms with E-state index in [4.69, 9.17) is 4.98 Å². The Labute approximate surface area is 231 Å². The van der Waals surface area contributed by atoms with Gasteiger partial charge in [-0.15, -0.1) is 12.6 Å². The van der Waals surface area contributed by atoms with E-state index in [1.165, 1.54) is 0 Å². The molecular weight excluding hydrogens is 512 g/mol. The van der Waals surface area contributed by atoms with Gasteiger partial charge in [-0.25, -0.2) is 15.0 Å². The van der Waals surface area contributed by atoms with Gasteiger partial charge in [-0.1, -0.05) is 36.3 Å². The Bertz CT molecular complexity index is 1600. The number of carbonyl (C=O) groups is 1. The van der Waals surface area contributed by atoms with Crippen LogP contribution in [0.1, 0.15) is 29.4 Å². The Kier molecular flexibility index (Phi) is 6.51. The molecule has 10 heteroatoms. The average molecular weight is 541 g/mol. The Balaban J connectivity index is 1.36. The number of imidazole rings is 1. The highest BCUT2D eigenvalue weighted by Crippen LogP contribution is 2.67. The molecule has 2 aromatic carbocycles. The predicted octanol–water partition coefficient (Wildman–Crippen LogP) is 2.20. The van der Waals surface area contributed by atoms with Crippen molar-refractivity contribution in [3.05, 3.63) is 77.9 Å². The molecule has 0 aliphatic heterocycles. The lowest BCUT2D eigenvalue weighted by Gasteiger charge is -2.23. The fourth-order valence-corrected chi connectivity index (χ4v) is 5.89. The summed E-state index contributed by atoms with van der Waals surface area (Å²) >= 11 is 4.35. The van der Waals surface area contributed by atoms with Gasteiger partial charge in [-0.2, -0.15) is 0 Å². The van der Waals surface area contributed by atoms with E-state index in [-0.39, 0.29) is 11.8 Å². The Morgan fingerprint density at radius 1 is 1.13 bits per heavy atom. The van der Waals surface area contributed by atoms with Crippen LogP contribution >= 0.6 is 12.6 Å². The molecule has 2 saturated carbocycles. The number of amides is 1. The highest BCUT2D eigenvalue weighted by Gasteiger charge is 2.75. The molecule has 6 rings (SSSR count). The number of nitrogens with zero attached hydrogens (tertiary/aromatic N) is 4. The number of carbonyl (C=O) groups excluding carboxylic acids is 1. The molecule has 0 spiro atoms. The van der Waals surface area contributed by atoms with Crippen LogP contribution in [0.15, 0.2) is 65.8 Å².